The molecule has 0 saturated carbocycles. The van der Waals surface area contributed by atoms with Gasteiger partial charge in [-0.1, -0.05) is 84.2 Å². The number of halogens is 3. The lowest BCUT2D eigenvalue weighted by molar-refractivity contribution is -0.129. The molecule has 0 bridgehead atoms. The molecule has 0 saturated heterocycles. The minimum atomic E-state index is -1.36. The summed E-state index contributed by atoms with van der Waals surface area (Å²) in [7, 11) is 0. The monoisotopic (exact) mass is 660 g/mol. The fraction of sp³-hybridized carbons (Fsp3) is 0.375. The van der Waals surface area contributed by atoms with Crippen molar-refractivity contribution in [3.63, 3.8) is 0 Å². The summed E-state index contributed by atoms with van der Waals surface area (Å²) in [5.74, 6) is 0.755. The van der Waals surface area contributed by atoms with Crippen molar-refractivity contribution in [1.29, 1.82) is 0 Å². The zero-order valence-corrected chi connectivity index (χ0v) is 26.5. The normalized spacial score (nSPS) is 18.5. The zero-order chi connectivity index (χ0) is 29.6. The average Bonchev–Trinajstić information content (AvgIpc) is 3.30. The van der Waals surface area contributed by atoms with Crippen molar-refractivity contribution >= 4 is 50.9 Å². The first kappa shape index (κ1) is 31.4. The number of aliphatic hydroxyl groups excluding tert-OH is 1. The van der Waals surface area contributed by atoms with Gasteiger partial charge >= 0.3 is 0 Å². The first-order chi connectivity index (χ1) is 19.5. The fourth-order valence-corrected chi connectivity index (χ4v) is 5.54. The van der Waals surface area contributed by atoms with E-state index in [1.807, 2.05) is 48.5 Å². The van der Waals surface area contributed by atoms with E-state index in [4.69, 9.17) is 42.8 Å². The van der Waals surface area contributed by atoms with Gasteiger partial charge in [-0.15, -0.1) is 0 Å². The summed E-state index contributed by atoms with van der Waals surface area (Å²) in [4.78, 5) is 19.3. The number of aliphatic hydroxyl groups is 1. The quantitative estimate of drug-likeness (QED) is 0.208. The van der Waals surface area contributed by atoms with Gasteiger partial charge in [0.1, 0.15) is 5.75 Å². The van der Waals surface area contributed by atoms with Crippen molar-refractivity contribution < 1.29 is 19.4 Å². The topological polar surface area (TPSA) is 80.2 Å². The second kappa shape index (κ2) is 13.6. The van der Waals surface area contributed by atoms with Gasteiger partial charge in [0.2, 0.25) is 5.90 Å². The number of carbonyl (C=O) groups is 1. The molecule has 0 unspecified atom stereocenters. The second-order valence-corrected chi connectivity index (χ2v) is 13.0. The minimum Gasteiger partial charge on any atom is -0.494 e. The van der Waals surface area contributed by atoms with Gasteiger partial charge in [-0.05, 0) is 59.9 Å². The fourth-order valence-electron chi connectivity index (χ4n) is 4.61. The molecule has 9 heteroatoms. The van der Waals surface area contributed by atoms with Gasteiger partial charge in [0, 0.05) is 51.6 Å². The number of amides is 1. The summed E-state index contributed by atoms with van der Waals surface area (Å²) < 4.78 is 13.1. The lowest BCUT2D eigenvalue weighted by Crippen LogP contribution is -2.50. The lowest BCUT2D eigenvalue weighted by Gasteiger charge is -2.32. The van der Waals surface area contributed by atoms with E-state index < -0.39 is 11.6 Å². The number of nitrogens with one attached hydrogen (secondary N) is 1. The summed E-state index contributed by atoms with van der Waals surface area (Å²) in [6.07, 6.45) is 0.795. The van der Waals surface area contributed by atoms with Crippen LogP contribution in [-0.4, -0.2) is 42.2 Å². The molecule has 0 fully saturated rings. The Bertz CT molecular complexity index is 1390. The van der Waals surface area contributed by atoms with Crippen molar-refractivity contribution in [2.24, 2.45) is 10.4 Å². The smallest absolute Gasteiger partial charge is 0.252 e. The van der Waals surface area contributed by atoms with E-state index in [1.165, 1.54) is 0 Å². The van der Waals surface area contributed by atoms with E-state index in [-0.39, 0.29) is 24.3 Å². The number of ether oxygens (including phenoxy) is 2. The molecule has 4 rings (SSSR count). The molecule has 1 heterocycles. The molecule has 41 heavy (non-hydrogen) atoms. The molecule has 218 valence electrons. The van der Waals surface area contributed by atoms with Crippen LogP contribution in [0.1, 0.15) is 56.4 Å². The van der Waals surface area contributed by atoms with Crippen LogP contribution in [0.4, 0.5) is 0 Å². The largest absolute Gasteiger partial charge is 0.494 e. The third-order valence-electron chi connectivity index (χ3n) is 6.85. The molecule has 0 spiro atoms. The highest BCUT2D eigenvalue weighted by Crippen LogP contribution is 2.45. The maximum atomic E-state index is 14.3. The molecule has 1 aliphatic heterocycles. The third-order valence-corrected chi connectivity index (χ3v) is 8.19. The van der Waals surface area contributed by atoms with Gasteiger partial charge in [-0.2, -0.15) is 0 Å². The molecule has 0 radical (unpaired) electrons. The molecule has 6 nitrogen and oxygen atoms in total. The Morgan fingerprint density at radius 3 is 2.51 bits per heavy atom. The number of hydrogen-bond acceptors (Lipinski definition) is 5. The molecule has 2 N–H and O–H groups in total. The van der Waals surface area contributed by atoms with Crippen LogP contribution in [0, 0.1) is 5.41 Å². The summed E-state index contributed by atoms with van der Waals surface area (Å²) in [6, 6.07) is 20.3. The number of rotatable bonds is 11. The van der Waals surface area contributed by atoms with Crippen LogP contribution in [-0.2, 0) is 16.0 Å². The lowest BCUT2D eigenvalue weighted by atomic mass is 9.81. The molecule has 3 aromatic rings. The number of aliphatic imine (C=N–C) groups is 1. The number of hydrogen-bond donors (Lipinski definition) is 2. The van der Waals surface area contributed by atoms with Gasteiger partial charge in [0.25, 0.3) is 5.91 Å². The van der Waals surface area contributed by atoms with Crippen LogP contribution in [0.15, 0.2) is 76.2 Å². The number of nitrogens with zero attached hydrogens (tertiary/aromatic N) is 1. The SMILES string of the molecule is CC(C)(C)CCNC(=O)[C@]1(Cc2ccccc2Br)N=C(c2ccc(OCCCO)cc2)O[C@@H]1c1ccc(Cl)cc1Cl. The van der Waals surface area contributed by atoms with Crippen LogP contribution in [0.2, 0.25) is 10.0 Å². The van der Waals surface area contributed by atoms with Crippen LogP contribution in [0.3, 0.4) is 0 Å². The van der Waals surface area contributed by atoms with E-state index in [2.05, 4.69) is 42.0 Å². The second-order valence-electron chi connectivity index (χ2n) is 11.3. The number of benzene rings is 3. The van der Waals surface area contributed by atoms with E-state index in [9.17, 15) is 4.79 Å². The van der Waals surface area contributed by atoms with E-state index >= 15 is 0 Å². The molecular formula is C32H35BrCl2N2O4. The van der Waals surface area contributed by atoms with Gasteiger partial charge < -0.3 is 19.9 Å². The maximum Gasteiger partial charge on any atom is 0.252 e. The molecule has 3 aromatic carbocycles. The van der Waals surface area contributed by atoms with Gasteiger partial charge in [-0.25, -0.2) is 4.99 Å². The third kappa shape index (κ3) is 7.83. The number of carbonyl (C=O) groups excluding carboxylic acids is 1. The Kier molecular flexibility index (Phi) is 10.4. The van der Waals surface area contributed by atoms with Gasteiger partial charge in [0.15, 0.2) is 11.6 Å². The highest BCUT2D eigenvalue weighted by Gasteiger charge is 2.54. The van der Waals surface area contributed by atoms with Crippen molar-refractivity contribution in [3.8, 4) is 5.75 Å². The van der Waals surface area contributed by atoms with E-state index in [1.54, 1.807) is 18.2 Å². The standard InChI is InChI=1S/C32H35BrCl2N2O4/c1-31(2,3)15-16-36-30(39)32(20-22-7-4-5-8-26(22)33)28(25-14-11-23(34)19-27(25)35)41-29(37-32)21-9-12-24(13-10-21)40-18-6-17-38/h4-5,7-14,19,28,38H,6,15-18,20H2,1-3H3,(H,36,39)/t28-,32-/m1/s1. The summed E-state index contributed by atoms with van der Waals surface area (Å²) in [5.41, 5.74) is 0.923. The molecule has 1 aliphatic rings. The van der Waals surface area contributed by atoms with E-state index in [0.29, 0.717) is 52.4 Å². The molecule has 0 aromatic heterocycles. The van der Waals surface area contributed by atoms with Gasteiger partial charge in [-0.3, -0.25) is 4.79 Å². The highest BCUT2D eigenvalue weighted by atomic mass is 79.9. The van der Waals surface area contributed by atoms with Crippen LogP contribution < -0.4 is 10.1 Å². The first-order valence-electron chi connectivity index (χ1n) is 13.6. The predicted molar refractivity (Wildman–Crippen MR) is 168 cm³/mol. The van der Waals surface area contributed by atoms with Crippen molar-refractivity contribution in [2.45, 2.75) is 51.7 Å². The average molecular weight is 662 g/mol. The highest BCUT2D eigenvalue weighted by molar-refractivity contribution is 9.10. The van der Waals surface area contributed by atoms with Crippen LogP contribution in [0.5, 0.6) is 5.75 Å². The van der Waals surface area contributed by atoms with Crippen molar-refractivity contribution in [2.75, 3.05) is 19.8 Å². The molecular weight excluding hydrogens is 627 g/mol. The Balaban J connectivity index is 1.80. The summed E-state index contributed by atoms with van der Waals surface area (Å²) in [5, 5.41) is 13.1. The molecule has 0 aliphatic carbocycles. The first-order valence-corrected chi connectivity index (χ1v) is 15.1. The van der Waals surface area contributed by atoms with Crippen molar-refractivity contribution in [3.05, 3.63) is 97.9 Å². The molecule has 1 amide bonds. The maximum absolute atomic E-state index is 14.3. The Morgan fingerprint density at radius 2 is 1.85 bits per heavy atom. The Hall–Kier alpha value is -2.58. The zero-order valence-electron chi connectivity index (χ0n) is 23.4. The summed E-state index contributed by atoms with van der Waals surface area (Å²) in [6.45, 7) is 7.38. The van der Waals surface area contributed by atoms with Crippen LogP contribution >= 0.6 is 39.1 Å². The van der Waals surface area contributed by atoms with E-state index in [0.717, 1.165) is 16.5 Å². The van der Waals surface area contributed by atoms with Gasteiger partial charge in [0.05, 0.1) is 6.61 Å². The van der Waals surface area contributed by atoms with Crippen LogP contribution in [0.25, 0.3) is 0 Å². The minimum absolute atomic E-state index is 0.0450. The Morgan fingerprint density at radius 1 is 1.12 bits per heavy atom. The Labute approximate surface area is 260 Å². The summed E-state index contributed by atoms with van der Waals surface area (Å²) >= 11 is 16.6. The predicted octanol–water partition coefficient (Wildman–Crippen LogP) is 7.57. The molecule has 2 atom stereocenters. The van der Waals surface area contributed by atoms with Crippen molar-refractivity contribution in [1.82, 2.24) is 5.32 Å².